The van der Waals surface area contributed by atoms with Gasteiger partial charge in [-0.15, -0.1) is 0 Å². The van der Waals surface area contributed by atoms with E-state index in [0.29, 0.717) is 0 Å². The maximum atomic E-state index is 14.7. The van der Waals surface area contributed by atoms with Crippen molar-refractivity contribution in [3.8, 4) is 0 Å². The third-order valence-corrected chi connectivity index (χ3v) is 14.6. The van der Waals surface area contributed by atoms with Crippen molar-refractivity contribution < 1.29 is 111 Å². The summed E-state index contributed by atoms with van der Waals surface area (Å²) < 4.78 is 75.6. The summed E-state index contributed by atoms with van der Waals surface area (Å²) in [5.74, 6) is -7.27. The van der Waals surface area contributed by atoms with E-state index in [9.17, 15) is 54.0 Å². The van der Waals surface area contributed by atoms with Gasteiger partial charge in [0, 0.05) is 0 Å². The zero-order valence-electron chi connectivity index (χ0n) is 47.5. The molecule has 3 heterocycles. The van der Waals surface area contributed by atoms with Crippen LogP contribution in [0.1, 0.15) is 72.5 Å². The third kappa shape index (κ3) is 15.5. The summed E-state index contributed by atoms with van der Waals surface area (Å²) in [5, 5.41) is 43.7. The Morgan fingerprint density at radius 1 is 0.289 bits per heavy atom. The molecule has 0 spiro atoms. The molecule has 0 radical (unpaired) electrons. The van der Waals surface area contributed by atoms with E-state index < -0.39 is 154 Å². The summed E-state index contributed by atoms with van der Waals surface area (Å²) in [6.45, 7) is -2.65. The van der Waals surface area contributed by atoms with Crippen LogP contribution in [0.2, 0.25) is 0 Å². The van der Waals surface area contributed by atoms with Gasteiger partial charge in [-0.1, -0.05) is 127 Å². The van der Waals surface area contributed by atoms with Crippen LogP contribution in [0.3, 0.4) is 0 Å². The lowest BCUT2D eigenvalue weighted by molar-refractivity contribution is -0.375. The first-order valence-corrected chi connectivity index (χ1v) is 28.4. The fraction of sp³-hybridized carbons (Fsp3) is 0.269. The van der Waals surface area contributed by atoms with Crippen molar-refractivity contribution in [2.24, 2.45) is 0 Å². The van der Waals surface area contributed by atoms with Crippen molar-refractivity contribution in [1.82, 2.24) is 0 Å². The Morgan fingerprint density at radius 2 is 0.556 bits per heavy atom. The highest BCUT2D eigenvalue weighted by Crippen LogP contribution is 2.38. The molecule has 0 aliphatic carbocycles. The Hall–Kier alpha value is -9.53. The highest BCUT2D eigenvalue weighted by atomic mass is 16.8. The second kappa shape index (κ2) is 30.1. The fourth-order valence-corrected chi connectivity index (χ4v) is 10.0. The lowest BCUT2D eigenvalue weighted by atomic mass is 9.95. The zero-order chi connectivity index (χ0) is 63.1. The van der Waals surface area contributed by atoms with E-state index in [1.165, 1.54) is 133 Å². The molecule has 10 rings (SSSR count). The molecule has 4 N–H and O–H groups in total. The number of rotatable bonds is 21. The normalized spacial score (nSPS) is 26.3. The molecule has 7 aromatic carbocycles. The number of benzene rings is 7. The molecule has 3 fully saturated rings. The average Bonchev–Trinajstić information content (AvgIpc) is 0.797. The Bertz CT molecular complexity index is 3510. The van der Waals surface area contributed by atoms with Crippen LogP contribution in [0.5, 0.6) is 0 Å². The number of hydrogen-bond acceptors (Lipinski definition) is 23. The first-order valence-electron chi connectivity index (χ1n) is 28.4. The maximum absolute atomic E-state index is 14.7. The van der Waals surface area contributed by atoms with E-state index in [4.69, 9.17) is 56.8 Å². The predicted octanol–water partition coefficient (Wildman–Crippen LogP) is 5.48. The summed E-state index contributed by atoms with van der Waals surface area (Å²) in [6, 6.07) is 52.8. The van der Waals surface area contributed by atoms with E-state index >= 15 is 0 Å². The van der Waals surface area contributed by atoms with Crippen LogP contribution in [0, 0.1) is 0 Å². The van der Waals surface area contributed by atoms with Gasteiger partial charge < -0.3 is 77.3 Å². The van der Waals surface area contributed by atoms with E-state index in [-0.39, 0.29) is 38.9 Å². The van der Waals surface area contributed by atoms with Gasteiger partial charge in [-0.2, -0.15) is 0 Å². The number of aliphatic hydroxyl groups excluding tert-OH is 4. The Balaban J connectivity index is 1.15. The molecule has 0 aromatic heterocycles. The minimum Gasteiger partial charge on any atom is -0.459 e. The van der Waals surface area contributed by atoms with Gasteiger partial charge in [0.2, 0.25) is 12.4 Å². The summed E-state index contributed by atoms with van der Waals surface area (Å²) in [4.78, 5) is 101. The smallest absolute Gasteiger partial charge is 0.340 e. The summed E-state index contributed by atoms with van der Waals surface area (Å²) in [6.07, 6.45) is -30.0. The molecule has 15 atom stereocenters. The number of carbonyl (C=O) groups is 7. The average molecular weight is 1230 g/mol. The standard InChI is InChI=1S/C67H60O23/c68-36-46-49(69)50(70)51(71)65(81-46)88-52-47(37-79-58(72)39-22-8-1-9-23-39)82-66(56(86-62(76)43-30-16-5-17-31-43)54(52)84-60(74)41-26-12-3-13-27-41)89-53-48(38-80-59(73)40-24-10-2-11-25-40)83-67(90-64(78)45-34-20-7-21-35-45)57(87-63(77)44-32-18-6-19-33-44)55(53)85-61(75)42-28-14-4-15-29-42/h1-35,46-57,65-71H,36-38H2/t46-,47-,48-,49-,50-,51-,52-,53-,54+,55+,56-,57+,65+,66+,67+/m0/s1. The molecule has 23 nitrogen and oxygen atoms in total. The molecule has 3 saturated heterocycles. The lowest BCUT2D eigenvalue weighted by Crippen LogP contribution is -2.68. The Morgan fingerprint density at radius 3 is 0.889 bits per heavy atom. The van der Waals surface area contributed by atoms with Gasteiger partial charge in [-0.25, -0.2) is 33.6 Å². The van der Waals surface area contributed by atoms with Crippen molar-refractivity contribution >= 4 is 41.8 Å². The summed E-state index contributed by atoms with van der Waals surface area (Å²) in [7, 11) is 0. The SMILES string of the molecule is O=C(OC[C@@H]1O[C@H](OC(=O)c2ccccc2)[C@H](OC(=O)c2ccccc2)[C@H](OC(=O)c2ccccc2)[C@H]1O[C@H]1O[C@@H](COC(=O)c2ccccc2)[C@H](O[C@H]2O[C@@H](CO)[C@H](O)[C@H](O)[C@@H]2O)[C@@H](OC(=O)c2ccccc2)[C@@H]1OC(=O)c1ccccc1)c1ccccc1. The first kappa shape index (κ1) is 63.5. The van der Waals surface area contributed by atoms with Crippen molar-refractivity contribution in [3.05, 3.63) is 251 Å². The third-order valence-electron chi connectivity index (χ3n) is 14.6. The second-order valence-corrected chi connectivity index (χ2v) is 20.6. The highest BCUT2D eigenvalue weighted by Gasteiger charge is 2.59. The van der Waals surface area contributed by atoms with Gasteiger partial charge in [0.25, 0.3) is 0 Å². The molecule has 0 saturated carbocycles. The van der Waals surface area contributed by atoms with Gasteiger partial charge in [0.1, 0.15) is 62.0 Å². The van der Waals surface area contributed by atoms with Crippen LogP contribution in [0.4, 0.5) is 0 Å². The molecule has 0 amide bonds. The van der Waals surface area contributed by atoms with Crippen LogP contribution >= 0.6 is 0 Å². The number of esters is 7. The molecule has 0 unspecified atom stereocenters. The number of aliphatic hydroxyl groups is 4. The number of hydrogen-bond donors (Lipinski definition) is 4. The van der Waals surface area contributed by atoms with Crippen LogP contribution in [-0.2, 0) is 56.8 Å². The largest absolute Gasteiger partial charge is 0.459 e. The van der Waals surface area contributed by atoms with Gasteiger partial charge in [0.15, 0.2) is 30.9 Å². The number of ether oxygens (including phenoxy) is 12. The molecule has 3 aliphatic rings. The van der Waals surface area contributed by atoms with E-state index in [0.717, 1.165) is 0 Å². The van der Waals surface area contributed by atoms with Gasteiger partial charge in [0.05, 0.1) is 45.6 Å². The minimum absolute atomic E-state index is 0.00763. The molecule has 3 aliphatic heterocycles. The van der Waals surface area contributed by atoms with Crippen molar-refractivity contribution in [3.63, 3.8) is 0 Å². The van der Waals surface area contributed by atoms with Crippen LogP contribution in [0.15, 0.2) is 212 Å². The maximum Gasteiger partial charge on any atom is 0.340 e. The van der Waals surface area contributed by atoms with E-state index in [1.807, 2.05) is 0 Å². The monoisotopic (exact) mass is 1230 g/mol. The number of carbonyl (C=O) groups excluding carboxylic acids is 7. The van der Waals surface area contributed by atoms with Crippen LogP contribution in [0.25, 0.3) is 0 Å². The molecule has 23 heteroatoms. The van der Waals surface area contributed by atoms with Gasteiger partial charge in [-0.3, -0.25) is 0 Å². The molecule has 0 bridgehead atoms. The molecular formula is C67H60O23. The Labute approximate surface area is 514 Å². The summed E-state index contributed by atoms with van der Waals surface area (Å²) in [5.41, 5.74) is -0.182. The van der Waals surface area contributed by atoms with Crippen LogP contribution < -0.4 is 0 Å². The van der Waals surface area contributed by atoms with Gasteiger partial charge in [-0.05, 0) is 84.9 Å². The molecule has 90 heavy (non-hydrogen) atoms. The summed E-state index contributed by atoms with van der Waals surface area (Å²) >= 11 is 0. The van der Waals surface area contributed by atoms with Crippen LogP contribution in [-0.4, -0.2) is 174 Å². The molecular weight excluding hydrogens is 1170 g/mol. The van der Waals surface area contributed by atoms with Crippen molar-refractivity contribution in [2.75, 3.05) is 19.8 Å². The predicted molar refractivity (Wildman–Crippen MR) is 309 cm³/mol. The van der Waals surface area contributed by atoms with E-state index in [1.54, 1.807) is 78.9 Å². The van der Waals surface area contributed by atoms with Crippen molar-refractivity contribution in [1.29, 1.82) is 0 Å². The molecule has 466 valence electrons. The minimum atomic E-state index is -2.23. The van der Waals surface area contributed by atoms with Crippen molar-refractivity contribution in [2.45, 2.75) is 92.1 Å². The molecule has 7 aromatic rings. The lowest BCUT2D eigenvalue weighted by Gasteiger charge is -2.50. The topological polar surface area (TPSA) is 311 Å². The fourth-order valence-electron chi connectivity index (χ4n) is 10.0. The quantitative estimate of drug-likeness (QED) is 0.0511. The zero-order valence-corrected chi connectivity index (χ0v) is 47.5. The first-order chi connectivity index (χ1) is 43.7. The second-order valence-electron chi connectivity index (χ2n) is 20.6. The van der Waals surface area contributed by atoms with Gasteiger partial charge >= 0.3 is 41.8 Å². The highest BCUT2D eigenvalue weighted by molar-refractivity contribution is 5.93. The Kier molecular flexibility index (Phi) is 21.2. The van der Waals surface area contributed by atoms with E-state index in [2.05, 4.69) is 0 Å².